The lowest BCUT2D eigenvalue weighted by molar-refractivity contribution is 0.0702. The lowest BCUT2D eigenvalue weighted by Crippen LogP contribution is -1.89. The van der Waals surface area contributed by atoms with Crippen molar-refractivity contribution in [1.82, 2.24) is 4.98 Å². The standard InChI is InChI=1S/C10H6FNO3S/c11-6-1-3-7(4-2-6)15-10-12-5-8(16-10)9(13)14/h1-5H,(H,13,14). The molecule has 0 amide bonds. The number of rotatable bonds is 3. The smallest absolute Gasteiger partial charge is 0.347 e. The first-order valence-corrected chi connectivity index (χ1v) is 5.09. The number of hydrogen-bond acceptors (Lipinski definition) is 4. The summed E-state index contributed by atoms with van der Waals surface area (Å²) < 4.78 is 17.8. The molecule has 4 nitrogen and oxygen atoms in total. The van der Waals surface area contributed by atoms with Crippen LogP contribution in [0.15, 0.2) is 30.5 Å². The lowest BCUT2D eigenvalue weighted by Gasteiger charge is -1.99. The highest BCUT2D eigenvalue weighted by molar-refractivity contribution is 7.15. The number of carboxylic acids is 1. The Kier molecular flexibility index (Phi) is 2.82. The second-order valence-corrected chi connectivity index (χ2v) is 3.84. The monoisotopic (exact) mass is 239 g/mol. The average Bonchev–Trinajstić information content (AvgIpc) is 2.70. The van der Waals surface area contributed by atoms with Crippen molar-refractivity contribution >= 4 is 17.3 Å². The number of benzene rings is 1. The molecule has 0 bridgehead atoms. The summed E-state index contributed by atoms with van der Waals surface area (Å²) in [4.78, 5) is 14.4. The Bertz CT molecular complexity index is 509. The summed E-state index contributed by atoms with van der Waals surface area (Å²) in [6.07, 6.45) is 1.21. The zero-order chi connectivity index (χ0) is 11.5. The van der Waals surface area contributed by atoms with Gasteiger partial charge in [-0.3, -0.25) is 0 Å². The minimum absolute atomic E-state index is 0.0945. The second-order valence-electron chi connectivity index (χ2n) is 2.85. The van der Waals surface area contributed by atoms with E-state index in [0.717, 1.165) is 11.3 Å². The number of thiazole rings is 1. The van der Waals surface area contributed by atoms with Crippen molar-refractivity contribution < 1.29 is 19.0 Å². The van der Waals surface area contributed by atoms with Gasteiger partial charge in [-0.2, -0.15) is 0 Å². The van der Waals surface area contributed by atoms with E-state index in [1.165, 1.54) is 30.5 Å². The van der Waals surface area contributed by atoms with Crippen LogP contribution in [0.4, 0.5) is 4.39 Å². The van der Waals surface area contributed by atoms with E-state index in [0.29, 0.717) is 5.75 Å². The lowest BCUT2D eigenvalue weighted by atomic mass is 10.3. The van der Waals surface area contributed by atoms with E-state index < -0.39 is 5.97 Å². The maximum absolute atomic E-state index is 12.6. The highest BCUT2D eigenvalue weighted by atomic mass is 32.1. The maximum Gasteiger partial charge on any atom is 0.347 e. The van der Waals surface area contributed by atoms with Gasteiger partial charge in [0.1, 0.15) is 16.4 Å². The van der Waals surface area contributed by atoms with Gasteiger partial charge in [0.05, 0.1) is 6.20 Å². The van der Waals surface area contributed by atoms with Crippen LogP contribution in [-0.4, -0.2) is 16.1 Å². The van der Waals surface area contributed by atoms with Crippen LogP contribution in [0.25, 0.3) is 0 Å². The van der Waals surface area contributed by atoms with Gasteiger partial charge in [-0.1, -0.05) is 11.3 Å². The molecule has 0 aliphatic carbocycles. The molecule has 0 unspecified atom stereocenters. The molecule has 0 aliphatic heterocycles. The van der Waals surface area contributed by atoms with Gasteiger partial charge in [0, 0.05) is 0 Å². The highest BCUT2D eigenvalue weighted by Gasteiger charge is 2.09. The molecule has 1 aromatic carbocycles. The molecule has 0 radical (unpaired) electrons. The summed E-state index contributed by atoms with van der Waals surface area (Å²) in [5.41, 5.74) is 0. The summed E-state index contributed by atoms with van der Waals surface area (Å²) >= 11 is 0.913. The third-order valence-electron chi connectivity index (χ3n) is 1.71. The van der Waals surface area contributed by atoms with Crippen LogP contribution in [0, 0.1) is 5.82 Å². The largest absolute Gasteiger partial charge is 0.477 e. The molecule has 0 aliphatic rings. The summed E-state index contributed by atoms with van der Waals surface area (Å²) in [6, 6.07) is 5.39. The Hall–Kier alpha value is -1.95. The van der Waals surface area contributed by atoms with Crippen molar-refractivity contribution in [1.29, 1.82) is 0 Å². The van der Waals surface area contributed by atoms with E-state index >= 15 is 0 Å². The molecule has 82 valence electrons. The predicted octanol–water partition coefficient (Wildman–Crippen LogP) is 2.77. The van der Waals surface area contributed by atoms with Gasteiger partial charge < -0.3 is 9.84 Å². The van der Waals surface area contributed by atoms with E-state index in [9.17, 15) is 9.18 Å². The number of aromatic nitrogens is 1. The van der Waals surface area contributed by atoms with Crippen molar-refractivity contribution in [2.45, 2.75) is 0 Å². The molecule has 0 saturated carbocycles. The van der Waals surface area contributed by atoms with Gasteiger partial charge in [-0.05, 0) is 24.3 Å². The number of carbonyl (C=O) groups is 1. The average molecular weight is 239 g/mol. The molecule has 0 fully saturated rings. The zero-order valence-corrected chi connectivity index (χ0v) is 8.70. The molecule has 0 spiro atoms. The van der Waals surface area contributed by atoms with Crippen molar-refractivity contribution in [3.05, 3.63) is 41.2 Å². The molecule has 1 aromatic heterocycles. The van der Waals surface area contributed by atoms with Gasteiger partial charge in [-0.15, -0.1) is 0 Å². The first kappa shape index (κ1) is 10.6. The minimum atomic E-state index is -1.05. The van der Waals surface area contributed by atoms with Gasteiger partial charge in [0.25, 0.3) is 5.19 Å². The fourth-order valence-electron chi connectivity index (χ4n) is 1.01. The van der Waals surface area contributed by atoms with Gasteiger partial charge >= 0.3 is 5.97 Å². The number of nitrogens with zero attached hydrogens (tertiary/aromatic N) is 1. The number of ether oxygens (including phenoxy) is 1. The topological polar surface area (TPSA) is 59.4 Å². The van der Waals surface area contributed by atoms with Crippen molar-refractivity contribution in [3.8, 4) is 10.9 Å². The molecular formula is C10H6FNO3S. The fourth-order valence-corrected chi connectivity index (χ4v) is 1.63. The molecular weight excluding hydrogens is 233 g/mol. The van der Waals surface area contributed by atoms with Crippen LogP contribution in [-0.2, 0) is 0 Å². The van der Waals surface area contributed by atoms with Gasteiger partial charge in [-0.25, -0.2) is 14.2 Å². The maximum atomic E-state index is 12.6. The minimum Gasteiger partial charge on any atom is -0.477 e. The first-order chi connectivity index (χ1) is 7.65. The van der Waals surface area contributed by atoms with Crippen LogP contribution in [0.2, 0.25) is 0 Å². The summed E-state index contributed by atoms with van der Waals surface area (Å²) in [6.45, 7) is 0. The van der Waals surface area contributed by atoms with E-state index in [1.54, 1.807) is 0 Å². The zero-order valence-electron chi connectivity index (χ0n) is 7.88. The quantitative estimate of drug-likeness (QED) is 0.894. The normalized spacial score (nSPS) is 10.1. The Morgan fingerprint density at radius 2 is 2.06 bits per heavy atom. The highest BCUT2D eigenvalue weighted by Crippen LogP contribution is 2.26. The van der Waals surface area contributed by atoms with E-state index in [-0.39, 0.29) is 15.9 Å². The van der Waals surface area contributed by atoms with Crippen LogP contribution < -0.4 is 4.74 Å². The van der Waals surface area contributed by atoms with Gasteiger partial charge in [0.15, 0.2) is 0 Å². The Labute approximate surface area is 93.9 Å². The molecule has 16 heavy (non-hydrogen) atoms. The summed E-state index contributed by atoms with van der Waals surface area (Å²) in [5, 5.41) is 8.88. The van der Waals surface area contributed by atoms with Crippen LogP contribution in [0.5, 0.6) is 10.9 Å². The Morgan fingerprint density at radius 3 is 2.62 bits per heavy atom. The van der Waals surface area contributed by atoms with E-state index in [2.05, 4.69) is 4.98 Å². The van der Waals surface area contributed by atoms with Crippen LogP contribution >= 0.6 is 11.3 Å². The third kappa shape index (κ3) is 2.34. The van der Waals surface area contributed by atoms with Crippen molar-refractivity contribution in [3.63, 3.8) is 0 Å². The van der Waals surface area contributed by atoms with E-state index in [4.69, 9.17) is 9.84 Å². The fraction of sp³-hybridized carbons (Fsp3) is 0. The number of carboxylic acid groups (broad SMARTS) is 1. The number of aromatic carboxylic acids is 1. The van der Waals surface area contributed by atoms with E-state index in [1.807, 2.05) is 0 Å². The van der Waals surface area contributed by atoms with Gasteiger partial charge in [0.2, 0.25) is 0 Å². The number of hydrogen-bond donors (Lipinski definition) is 1. The molecule has 2 rings (SSSR count). The SMILES string of the molecule is O=C(O)c1cnc(Oc2ccc(F)cc2)s1. The predicted molar refractivity (Wildman–Crippen MR) is 55.5 cm³/mol. The Morgan fingerprint density at radius 1 is 1.38 bits per heavy atom. The number of halogens is 1. The molecule has 0 atom stereocenters. The second kappa shape index (κ2) is 4.28. The third-order valence-corrected chi connectivity index (χ3v) is 2.58. The molecule has 1 heterocycles. The van der Waals surface area contributed by atoms with Crippen molar-refractivity contribution in [2.75, 3.05) is 0 Å². The first-order valence-electron chi connectivity index (χ1n) is 4.28. The molecule has 6 heteroatoms. The molecule has 2 aromatic rings. The van der Waals surface area contributed by atoms with Crippen LogP contribution in [0.1, 0.15) is 9.67 Å². The molecule has 1 N–H and O–H groups in total. The Balaban J connectivity index is 2.14. The summed E-state index contributed by atoms with van der Waals surface area (Å²) in [7, 11) is 0. The summed E-state index contributed by atoms with van der Waals surface area (Å²) in [5.74, 6) is -1.00. The van der Waals surface area contributed by atoms with Crippen molar-refractivity contribution in [2.24, 2.45) is 0 Å². The van der Waals surface area contributed by atoms with Crippen LogP contribution in [0.3, 0.4) is 0 Å². The molecule has 0 saturated heterocycles.